The van der Waals surface area contributed by atoms with E-state index in [0.29, 0.717) is 24.8 Å². The van der Waals surface area contributed by atoms with Gasteiger partial charge < -0.3 is 4.74 Å². The van der Waals surface area contributed by atoms with Crippen molar-refractivity contribution in [1.29, 1.82) is 0 Å². The molecule has 0 N–H and O–H groups in total. The van der Waals surface area contributed by atoms with Crippen molar-refractivity contribution < 1.29 is 14.3 Å². The van der Waals surface area contributed by atoms with E-state index in [1.54, 1.807) is 11.8 Å². The van der Waals surface area contributed by atoms with Gasteiger partial charge in [-0.2, -0.15) is 0 Å². The molecular weight excluding hydrogens is 278 g/mol. The average molecular weight is 299 g/mol. The number of hydrogen-bond donors (Lipinski definition) is 0. The van der Waals surface area contributed by atoms with Crippen molar-refractivity contribution in [3.63, 3.8) is 0 Å². The summed E-state index contributed by atoms with van der Waals surface area (Å²) in [5.41, 5.74) is 0.844. The molecule has 0 atom stereocenters. The van der Waals surface area contributed by atoms with Crippen LogP contribution in [0.1, 0.15) is 26.5 Å². The molecule has 0 aliphatic heterocycles. The normalized spacial score (nSPS) is 10.7. The topological polar surface area (TPSA) is 62.7 Å². The highest BCUT2D eigenvalue weighted by atomic mass is 32.1. The quantitative estimate of drug-likeness (QED) is 0.714. The fourth-order valence-corrected chi connectivity index (χ4v) is 2.67. The Balaban J connectivity index is 2.59. The lowest BCUT2D eigenvalue weighted by molar-refractivity contribution is -0.144. The van der Waals surface area contributed by atoms with E-state index in [-0.39, 0.29) is 18.4 Å². The zero-order chi connectivity index (χ0) is 15.1. The van der Waals surface area contributed by atoms with Gasteiger partial charge in [0.2, 0.25) is 5.91 Å². The Morgan fingerprint density at radius 3 is 2.65 bits per heavy atom. The number of likely N-dealkylation sites (N-methyl/N-ethyl adjacent to an activating group) is 1. The van der Waals surface area contributed by atoms with E-state index >= 15 is 0 Å². The van der Waals surface area contributed by atoms with E-state index in [4.69, 9.17) is 4.74 Å². The summed E-state index contributed by atoms with van der Waals surface area (Å²) in [6, 6.07) is 0. The van der Waals surface area contributed by atoms with Crippen LogP contribution < -0.4 is 4.90 Å². The maximum absolute atomic E-state index is 11.4. The molecule has 0 saturated heterocycles. The average Bonchev–Trinajstić information content (AvgIpc) is 2.77. The van der Waals surface area contributed by atoms with Gasteiger partial charge in [0, 0.05) is 25.4 Å². The summed E-state index contributed by atoms with van der Waals surface area (Å²) in [5, 5.41) is 2.60. The molecule has 1 aromatic rings. The first-order valence-corrected chi connectivity index (χ1v) is 7.42. The highest BCUT2D eigenvalue weighted by molar-refractivity contribution is 7.14. The number of rotatable bonds is 7. The minimum absolute atomic E-state index is 0.0201. The third-order valence-electron chi connectivity index (χ3n) is 2.60. The number of ether oxygens (including phenoxy) is 1. The van der Waals surface area contributed by atoms with Gasteiger partial charge in [0.25, 0.3) is 0 Å². The SMILES string of the molecule is CCOC(=O)CN(C)Cc1csc(N(CC)C(C)=O)n1. The van der Waals surface area contributed by atoms with Crippen LogP contribution in [0.25, 0.3) is 0 Å². The molecule has 1 heterocycles. The molecule has 1 rings (SSSR count). The minimum Gasteiger partial charge on any atom is -0.465 e. The van der Waals surface area contributed by atoms with Crippen molar-refractivity contribution in [2.24, 2.45) is 0 Å². The van der Waals surface area contributed by atoms with Gasteiger partial charge in [-0.05, 0) is 20.9 Å². The lowest BCUT2D eigenvalue weighted by atomic mass is 10.4. The van der Waals surface area contributed by atoms with E-state index in [9.17, 15) is 9.59 Å². The number of carbonyl (C=O) groups is 2. The van der Waals surface area contributed by atoms with Crippen LogP contribution in [0.15, 0.2) is 5.38 Å². The van der Waals surface area contributed by atoms with E-state index in [1.165, 1.54) is 18.3 Å². The second kappa shape index (κ2) is 7.96. The third kappa shape index (κ3) is 4.90. The zero-order valence-corrected chi connectivity index (χ0v) is 13.2. The summed E-state index contributed by atoms with van der Waals surface area (Å²) < 4.78 is 4.89. The maximum Gasteiger partial charge on any atom is 0.320 e. The Morgan fingerprint density at radius 2 is 2.10 bits per heavy atom. The Hall–Kier alpha value is -1.47. The van der Waals surface area contributed by atoms with E-state index in [1.807, 2.05) is 24.3 Å². The predicted molar refractivity (Wildman–Crippen MR) is 78.8 cm³/mol. The largest absolute Gasteiger partial charge is 0.465 e. The summed E-state index contributed by atoms with van der Waals surface area (Å²) in [6.45, 7) is 6.98. The predicted octanol–water partition coefficient (Wildman–Crippen LogP) is 1.51. The Labute approximate surface area is 123 Å². The molecule has 0 radical (unpaired) electrons. The number of anilines is 1. The molecule has 0 fully saturated rings. The monoisotopic (exact) mass is 299 g/mol. The van der Waals surface area contributed by atoms with Crippen LogP contribution in [0, 0.1) is 0 Å². The van der Waals surface area contributed by atoms with Crippen LogP contribution in [-0.2, 0) is 20.9 Å². The van der Waals surface area contributed by atoms with Crippen molar-refractivity contribution in [3.05, 3.63) is 11.1 Å². The zero-order valence-electron chi connectivity index (χ0n) is 12.4. The Bertz CT molecular complexity index is 461. The van der Waals surface area contributed by atoms with Crippen LogP contribution in [-0.4, -0.2) is 48.5 Å². The maximum atomic E-state index is 11.4. The molecule has 0 unspecified atom stereocenters. The van der Waals surface area contributed by atoms with Gasteiger partial charge in [0.1, 0.15) is 0 Å². The summed E-state index contributed by atoms with van der Waals surface area (Å²) in [5.74, 6) is -0.266. The van der Waals surface area contributed by atoms with E-state index in [2.05, 4.69) is 4.98 Å². The van der Waals surface area contributed by atoms with Crippen molar-refractivity contribution in [3.8, 4) is 0 Å². The fraction of sp³-hybridized carbons (Fsp3) is 0.615. The molecular formula is C13H21N3O3S. The molecule has 0 bridgehead atoms. The van der Waals surface area contributed by atoms with E-state index in [0.717, 1.165) is 5.69 Å². The molecule has 0 aliphatic carbocycles. The van der Waals surface area contributed by atoms with Crippen LogP contribution >= 0.6 is 11.3 Å². The fourth-order valence-electron chi connectivity index (χ4n) is 1.74. The van der Waals surface area contributed by atoms with Gasteiger partial charge in [0.05, 0.1) is 18.8 Å². The number of nitrogens with zero attached hydrogens (tertiary/aromatic N) is 3. The number of esters is 1. The van der Waals surface area contributed by atoms with Crippen molar-refractivity contribution in [2.75, 3.05) is 31.6 Å². The van der Waals surface area contributed by atoms with Crippen molar-refractivity contribution in [2.45, 2.75) is 27.3 Å². The summed E-state index contributed by atoms with van der Waals surface area (Å²) in [6.07, 6.45) is 0. The summed E-state index contributed by atoms with van der Waals surface area (Å²) >= 11 is 1.43. The molecule has 1 aromatic heterocycles. The molecule has 0 aliphatic rings. The first-order chi connectivity index (χ1) is 9.47. The summed E-state index contributed by atoms with van der Waals surface area (Å²) in [4.78, 5) is 30.7. The van der Waals surface area contributed by atoms with Crippen LogP contribution in [0.4, 0.5) is 5.13 Å². The molecule has 1 amide bonds. The highest BCUT2D eigenvalue weighted by Gasteiger charge is 2.15. The van der Waals surface area contributed by atoms with Crippen LogP contribution in [0.3, 0.4) is 0 Å². The highest BCUT2D eigenvalue weighted by Crippen LogP contribution is 2.21. The molecule has 20 heavy (non-hydrogen) atoms. The second-order valence-electron chi connectivity index (χ2n) is 4.36. The molecule has 0 spiro atoms. The molecule has 112 valence electrons. The van der Waals surface area contributed by atoms with Gasteiger partial charge in [-0.25, -0.2) is 4.98 Å². The number of carbonyl (C=O) groups excluding carboxylic acids is 2. The first-order valence-electron chi connectivity index (χ1n) is 6.54. The van der Waals surface area contributed by atoms with Gasteiger partial charge in [0.15, 0.2) is 5.13 Å². The number of amides is 1. The summed E-state index contributed by atoms with van der Waals surface area (Å²) in [7, 11) is 1.83. The van der Waals surface area contributed by atoms with Crippen molar-refractivity contribution >= 4 is 28.3 Å². The van der Waals surface area contributed by atoms with Crippen LogP contribution in [0.5, 0.6) is 0 Å². The molecule has 0 aromatic carbocycles. The smallest absolute Gasteiger partial charge is 0.320 e. The molecule has 7 heteroatoms. The standard InChI is InChI=1S/C13H21N3O3S/c1-5-16(10(3)17)13-14-11(9-20-13)7-15(4)8-12(18)19-6-2/h9H,5-8H2,1-4H3. The Kier molecular flexibility index (Phi) is 6.60. The lowest BCUT2D eigenvalue weighted by Crippen LogP contribution is -2.28. The van der Waals surface area contributed by atoms with Crippen molar-refractivity contribution in [1.82, 2.24) is 9.88 Å². The second-order valence-corrected chi connectivity index (χ2v) is 5.20. The minimum atomic E-state index is -0.246. The van der Waals surface area contributed by atoms with E-state index < -0.39 is 0 Å². The van der Waals surface area contributed by atoms with Gasteiger partial charge in [-0.3, -0.25) is 19.4 Å². The van der Waals surface area contributed by atoms with Crippen LogP contribution in [0.2, 0.25) is 0 Å². The molecule has 6 nitrogen and oxygen atoms in total. The number of aromatic nitrogens is 1. The third-order valence-corrected chi connectivity index (χ3v) is 3.52. The number of hydrogen-bond acceptors (Lipinski definition) is 6. The van der Waals surface area contributed by atoms with Gasteiger partial charge in [-0.15, -0.1) is 11.3 Å². The van der Waals surface area contributed by atoms with Gasteiger partial charge >= 0.3 is 5.97 Å². The van der Waals surface area contributed by atoms with Gasteiger partial charge in [-0.1, -0.05) is 0 Å². The number of thiazole rings is 1. The Morgan fingerprint density at radius 1 is 1.40 bits per heavy atom. The lowest BCUT2D eigenvalue weighted by Gasteiger charge is -2.15. The molecule has 0 saturated carbocycles. The first kappa shape index (κ1) is 16.6.